The number of carbonyl (C=O) groups excluding carboxylic acids is 1. The highest BCUT2D eigenvalue weighted by Gasteiger charge is 2.33. The molecule has 0 aromatic rings. The van der Waals surface area contributed by atoms with E-state index in [-0.39, 0.29) is 5.91 Å². The van der Waals surface area contributed by atoms with E-state index in [0.717, 1.165) is 25.8 Å². The molecule has 0 aliphatic heterocycles. The van der Waals surface area contributed by atoms with Crippen LogP contribution in [0.25, 0.3) is 0 Å². The highest BCUT2D eigenvalue weighted by Crippen LogP contribution is 2.18. The van der Waals surface area contributed by atoms with E-state index in [2.05, 4.69) is 38.3 Å². The van der Waals surface area contributed by atoms with E-state index in [1.54, 1.807) is 0 Å². The minimum atomic E-state index is -0.438. The SMILES string of the molecule is CCNC(=O)C(C)(CC(C)C)NCC(CC)CC. The number of carbonyl (C=O) groups is 1. The maximum atomic E-state index is 12.2. The molecule has 0 aromatic carbocycles. The van der Waals surface area contributed by atoms with Gasteiger partial charge in [-0.1, -0.05) is 40.5 Å². The van der Waals surface area contributed by atoms with Gasteiger partial charge in [0.2, 0.25) is 5.91 Å². The molecule has 0 aliphatic carbocycles. The van der Waals surface area contributed by atoms with Gasteiger partial charge in [-0.25, -0.2) is 0 Å². The van der Waals surface area contributed by atoms with E-state index in [9.17, 15) is 4.79 Å². The number of amides is 1. The maximum absolute atomic E-state index is 12.2. The van der Waals surface area contributed by atoms with Gasteiger partial charge >= 0.3 is 0 Å². The fourth-order valence-corrected chi connectivity index (χ4v) is 2.36. The Hall–Kier alpha value is -0.570. The van der Waals surface area contributed by atoms with Crippen LogP contribution in [0.5, 0.6) is 0 Å². The fourth-order valence-electron chi connectivity index (χ4n) is 2.36. The van der Waals surface area contributed by atoms with E-state index >= 15 is 0 Å². The van der Waals surface area contributed by atoms with Crippen molar-refractivity contribution >= 4 is 5.91 Å². The summed E-state index contributed by atoms with van der Waals surface area (Å²) in [4.78, 5) is 12.2. The molecule has 3 heteroatoms. The van der Waals surface area contributed by atoms with Crippen molar-refractivity contribution in [2.75, 3.05) is 13.1 Å². The van der Waals surface area contributed by atoms with Crippen LogP contribution in [-0.4, -0.2) is 24.5 Å². The Balaban J connectivity index is 4.60. The Labute approximate surface area is 113 Å². The quantitative estimate of drug-likeness (QED) is 0.666. The van der Waals surface area contributed by atoms with Crippen molar-refractivity contribution in [1.29, 1.82) is 0 Å². The molecule has 108 valence electrons. The molecule has 0 rings (SSSR count). The second-order valence-corrected chi connectivity index (χ2v) is 5.85. The number of rotatable bonds is 9. The molecular formula is C15H32N2O. The van der Waals surface area contributed by atoms with Crippen LogP contribution < -0.4 is 10.6 Å². The zero-order valence-corrected chi connectivity index (χ0v) is 13.1. The standard InChI is InChI=1S/C15H32N2O/c1-7-13(8-2)11-17-15(6,10-12(4)5)14(18)16-9-3/h12-13,17H,7-11H2,1-6H3,(H,16,18). The number of hydrogen-bond acceptors (Lipinski definition) is 2. The topological polar surface area (TPSA) is 41.1 Å². The third-order valence-electron chi connectivity index (χ3n) is 3.59. The van der Waals surface area contributed by atoms with E-state index in [1.807, 2.05) is 13.8 Å². The molecule has 0 aliphatic rings. The summed E-state index contributed by atoms with van der Waals surface area (Å²) in [6.07, 6.45) is 3.20. The molecule has 0 spiro atoms. The lowest BCUT2D eigenvalue weighted by molar-refractivity contribution is -0.127. The predicted molar refractivity (Wildman–Crippen MR) is 78.6 cm³/mol. The minimum absolute atomic E-state index is 0.129. The van der Waals surface area contributed by atoms with Crippen molar-refractivity contribution < 1.29 is 4.79 Å². The first-order valence-electron chi connectivity index (χ1n) is 7.42. The van der Waals surface area contributed by atoms with E-state index in [4.69, 9.17) is 0 Å². The van der Waals surface area contributed by atoms with Crippen molar-refractivity contribution in [2.24, 2.45) is 11.8 Å². The molecule has 0 saturated carbocycles. The fraction of sp³-hybridized carbons (Fsp3) is 0.933. The third-order valence-corrected chi connectivity index (χ3v) is 3.59. The first-order chi connectivity index (χ1) is 8.39. The van der Waals surface area contributed by atoms with E-state index in [1.165, 1.54) is 0 Å². The minimum Gasteiger partial charge on any atom is -0.355 e. The molecule has 2 N–H and O–H groups in total. The Morgan fingerprint density at radius 3 is 2.11 bits per heavy atom. The summed E-state index contributed by atoms with van der Waals surface area (Å²) in [5.41, 5.74) is -0.438. The van der Waals surface area contributed by atoms with Crippen LogP contribution in [0.4, 0.5) is 0 Å². The van der Waals surface area contributed by atoms with Crippen LogP contribution in [0.1, 0.15) is 60.8 Å². The lowest BCUT2D eigenvalue weighted by atomic mass is 9.88. The van der Waals surface area contributed by atoms with Gasteiger partial charge in [0.15, 0.2) is 0 Å². The Morgan fingerprint density at radius 2 is 1.72 bits per heavy atom. The van der Waals surface area contributed by atoms with Crippen LogP contribution in [0.3, 0.4) is 0 Å². The van der Waals surface area contributed by atoms with Crippen LogP contribution in [0.15, 0.2) is 0 Å². The largest absolute Gasteiger partial charge is 0.355 e. The zero-order valence-electron chi connectivity index (χ0n) is 13.1. The lowest BCUT2D eigenvalue weighted by Gasteiger charge is -2.32. The molecule has 0 fully saturated rings. The average Bonchev–Trinajstić information content (AvgIpc) is 2.29. The molecule has 3 nitrogen and oxygen atoms in total. The van der Waals surface area contributed by atoms with Crippen molar-refractivity contribution in [1.82, 2.24) is 10.6 Å². The summed E-state index contributed by atoms with van der Waals surface area (Å²) >= 11 is 0. The monoisotopic (exact) mass is 256 g/mol. The summed E-state index contributed by atoms with van der Waals surface area (Å²) < 4.78 is 0. The van der Waals surface area contributed by atoms with Gasteiger partial charge in [-0.3, -0.25) is 4.79 Å². The smallest absolute Gasteiger partial charge is 0.240 e. The van der Waals surface area contributed by atoms with Crippen LogP contribution in [0.2, 0.25) is 0 Å². The molecule has 18 heavy (non-hydrogen) atoms. The Morgan fingerprint density at radius 1 is 1.17 bits per heavy atom. The first kappa shape index (κ1) is 17.4. The van der Waals surface area contributed by atoms with Crippen molar-refractivity contribution in [2.45, 2.75) is 66.3 Å². The summed E-state index contributed by atoms with van der Waals surface area (Å²) in [7, 11) is 0. The third kappa shape index (κ3) is 5.85. The van der Waals surface area contributed by atoms with Gasteiger partial charge in [0.1, 0.15) is 0 Å². The predicted octanol–water partition coefficient (Wildman–Crippen LogP) is 2.95. The average molecular weight is 256 g/mol. The molecular weight excluding hydrogens is 224 g/mol. The van der Waals surface area contributed by atoms with Crippen molar-refractivity contribution in [3.63, 3.8) is 0 Å². The van der Waals surface area contributed by atoms with Crippen LogP contribution in [-0.2, 0) is 4.79 Å². The van der Waals surface area contributed by atoms with Gasteiger partial charge in [0.25, 0.3) is 0 Å². The maximum Gasteiger partial charge on any atom is 0.240 e. The van der Waals surface area contributed by atoms with Gasteiger partial charge in [0, 0.05) is 6.54 Å². The van der Waals surface area contributed by atoms with Crippen LogP contribution >= 0.6 is 0 Å². The van der Waals surface area contributed by atoms with Crippen molar-refractivity contribution in [3.05, 3.63) is 0 Å². The molecule has 1 atom stereocenters. The molecule has 1 amide bonds. The highest BCUT2D eigenvalue weighted by molar-refractivity contribution is 5.85. The van der Waals surface area contributed by atoms with E-state index in [0.29, 0.717) is 18.4 Å². The Bertz CT molecular complexity index is 237. The van der Waals surface area contributed by atoms with Gasteiger partial charge in [-0.2, -0.15) is 0 Å². The van der Waals surface area contributed by atoms with Gasteiger partial charge < -0.3 is 10.6 Å². The van der Waals surface area contributed by atoms with Gasteiger partial charge in [-0.05, 0) is 38.6 Å². The molecule has 0 bridgehead atoms. The molecule has 0 radical (unpaired) electrons. The van der Waals surface area contributed by atoms with E-state index < -0.39 is 5.54 Å². The van der Waals surface area contributed by atoms with Gasteiger partial charge in [0.05, 0.1) is 5.54 Å². The summed E-state index contributed by atoms with van der Waals surface area (Å²) in [5.74, 6) is 1.29. The zero-order chi connectivity index (χ0) is 14.2. The lowest BCUT2D eigenvalue weighted by Crippen LogP contribution is -2.56. The molecule has 0 saturated heterocycles. The van der Waals surface area contributed by atoms with Gasteiger partial charge in [-0.15, -0.1) is 0 Å². The van der Waals surface area contributed by atoms with Crippen molar-refractivity contribution in [3.8, 4) is 0 Å². The second kappa shape index (κ2) is 8.52. The summed E-state index contributed by atoms with van der Waals surface area (Å²) in [5, 5.41) is 6.45. The highest BCUT2D eigenvalue weighted by atomic mass is 16.2. The Kier molecular flexibility index (Phi) is 8.25. The molecule has 0 aromatic heterocycles. The number of nitrogens with one attached hydrogen (secondary N) is 2. The summed E-state index contributed by atoms with van der Waals surface area (Å²) in [6.45, 7) is 14.4. The molecule has 0 heterocycles. The first-order valence-corrected chi connectivity index (χ1v) is 7.42. The normalized spacial score (nSPS) is 14.9. The second-order valence-electron chi connectivity index (χ2n) is 5.85. The number of hydrogen-bond donors (Lipinski definition) is 2. The summed E-state index contributed by atoms with van der Waals surface area (Å²) in [6, 6.07) is 0. The number of likely N-dealkylation sites (N-methyl/N-ethyl adjacent to an activating group) is 1. The van der Waals surface area contributed by atoms with Crippen LogP contribution in [0, 0.1) is 11.8 Å². The molecule has 1 unspecified atom stereocenters.